The molecule has 4 heteroatoms. The Morgan fingerprint density at radius 2 is 1.91 bits per heavy atom. The molecule has 1 atom stereocenters. The number of rotatable bonds is 2. The van der Waals surface area contributed by atoms with E-state index in [1.165, 1.54) is 12.1 Å². The lowest BCUT2D eigenvalue weighted by Gasteiger charge is -2.24. The Balaban J connectivity index is 1.65. The van der Waals surface area contributed by atoms with Gasteiger partial charge in [-0.15, -0.1) is 11.3 Å². The van der Waals surface area contributed by atoms with Crippen LogP contribution >= 0.6 is 11.3 Å². The van der Waals surface area contributed by atoms with Crippen molar-refractivity contribution in [1.82, 2.24) is 4.90 Å². The first-order valence-corrected chi connectivity index (χ1v) is 8.59. The molecule has 2 nitrogen and oxygen atoms in total. The van der Waals surface area contributed by atoms with Gasteiger partial charge in [0.2, 0.25) is 0 Å². The highest BCUT2D eigenvalue weighted by molar-refractivity contribution is 7.20. The lowest BCUT2D eigenvalue weighted by atomic mass is 10.0. The Hall–Kier alpha value is -2.20. The number of amides is 1. The summed E-state index contributed by atoms with van der Waals surface area (Å²) < 4.78 is 14.3. The molecular weight excluding hydrogens is 309 g/mol. The first-order chi connectivity index (χ1) is 11.2. The zero-order chi connectivity index (χ0) is 15.8. The van der Waals surface area contributed by atoms with Crippen LogP contribution in [0.25, 0.3) is 10.1 Å². The number of nitrogens with zero attached hydrogens (tertiary/aromatic N) is 1. The maximum absolute atomic E-state index is 13.1. The fourth-order valence-electron chi connectivity index (χ4n) is 3.27. The molecule has 2 heterocycles. The van der Waals surface area contributed by atoms with Gasteiger partial charge in [0, 0.05) is 11.2 Å². The van der Waals surface area contributed by atoms with E-state index in [2.05, 4.69) is 0 Å². The topological polar surface area (TPSA) is 20.3 Å². The van der Waals surface area contributed by atoms with Crippen molar-refractivity contribution in [2.75, 3.05) is 6.54 Å². The second kappa shape index (κ2) is 5.78. The number of hydrogen-bond acceptors (Lipinski definition) is 2. The summed E-state index contributed by atoms with van der Waals surface area (Å²) in [5.74, 6) is -0.160. The van der Waals surface area contributed by atoms with Gasteiger partial charge < -0.3 is 4.90 Å². The van der Waals surface area contributed by atoms with Crippen LogP contribution in [0.15, 0.2) is 54.6 Å². The molecule has 0 radical (unpaired) electrons. The summed E-state index contributed by atoms with van der Waals surface area (Å²) in [5, 5.41) is 1.11. The molecule has 116 valence electrons. The minimum atomic E-state index is -0.242. The Labute approximate surface area is 138 Å². The quantitative estimate of drug-likeness (QED) is 0.648. The van der Waals surface area contributed by atoms with E-state index in [0.29, 0.717) is 0 Å². The van der Waals surface area contributed by atoms with Crippen LogP contribution in [-0.4, -0.2) is 17.4 Å². The summed E-state index contributed by atoms with van der Waals surface area (Å²) >= 11 is 1.54. The summed E-state index contributed by atoms with van der Waals surface area (Å²) in [6, 6.07) is 16.6. The zero-order valence-corrected chi connectivity index (χ0v) is 13.4. The fourth-order valence-corrected chi connectivity index (χ4v) is 4.29. The molecule has 0 spiro atoms. The van der Waals surface area contributed by atoms with Crippen LogP contribution in [0.3, 0.4) is 0 Å². The average molecular weight is 325 g/mol. The van der Waals surface area contributed by atoms with Crippen LogP contribution in [0.1, 0.15) is 34.1 Å². The Morgan fingerprint density at radius 1 is 1.13 bits per heavy atom. The molecule has 1 aromatic heterocycles. The predicted molar refractivity (Wildman–Crippen MR) is 91.2 cm³/mol. The van der Waals surface area contributed by atoms with Crippen LogP contribution in [0.2, 0.25) is 0 Å². The van der Waals surface area contributed by atoms with E-state index >= 15 is 0 Å². The number of likely N-dealkylation sites (tertiary alicyclic amines) is 1. The fraction of sp³-hybridized carbons (Fsp3) is 0.211. The summed E-state index contributed by atoms with van der Waals surface area (Å²) in [5.41, 5.74) is 1.01. The molecule has 0 N–H and O–H groups in total. The van der Waals surface area contributed by atoms with Gasteiger partial charge in [0.1, 0.15) is 5.82 Å². The molecule has 1 aliphatic rings. The Kier molecular flexibility index (Phi) is 3.62. The molecule has 23 heavy (non-hydrogen) atoms. The number of carbonyl (C=O) groups excluding carboxylic acids is 1. The standard InChI is InChI=1S/C19H16FNOS/c20-15-9-7-13(8-10-15)16-5-3-11-21(16)19(22)18-12-14-4-1-2-6-17(14)23-18/h1-2,4,6-10,12,16H,3,5,11H2. The summed E-state index contributed by atoms with van der Waals surface area (Å²) in [7, 11) is 0. The minimum absolute atomic E-state index is 0.0494. The molecule has 3 aromatic rings. The third kappa shape index (κ3) is 2.63. The van der Waals surface area contributed by atoms with E-state index < -0.39 is 0 Å². The van der Waals surface area contributed by atoms with Crippen molar-refractivity contribution in [2.45, 2.75) is 18.9 Å². The molecule has 0 bridgehead atoms. The zero-order valence-electron chi connectivity index (χ0n) is 12.5. The smallest absolute Gasteiger partial charge is 0.264 e. The maximum Gasteiger partial charge on any atom is 0.264 e. The number of benzene rings is 2. The third-order valence-electron chi connectivity index (χ3n) is 4.40. The van der Waals surface area contributed by atoms with E-state index in [4.69, 9.17) is 0 Å². The van der Waals surface area contributed by atoms with Gasteiger partial charge in [0.05, 0.1) is 10.9 Å². The van der Waals surface area contributed by atoms with E-state index in [1.54, 1.807) is 23.5 Å². The van der Waals surface area contributed by atoms with Gasteiger partial charge >= 0.3 is 0 Å². The second-order valence-electron chi connectivity index (χ2n) is 5.86. The SMILES string of the molecule is O=C(c1cc2ccccc2s1)N1CCCC1c1ccc(F)cc1. The third-order valence-corrected chi connectivity index (χ3v) is 5.51. The number of halogens is 1. The highest BCUT2D eigenvalue weighted by Gasteiger charge is 2.31. The van der Waals surface area contributed by atoms with E-state index in [0.717, 1.165) is 39.9 Å². The largest absolute Gasteiger partial charge is 0.331 e. The van der Waals surface area contributed by atoms with Crippen LogP contribution in [0.4, 0.5) is 4.39 Å². The number of thiophene rings is 1. The molecular formula is C19H16FNOS. The van der Waals surface area contributed by atoms with Crippen molar-refractivity contribution in [3.63, 3.8) is 0 Å². The number of hydrogen-bond donors (Lipinski definition) is 0. The average Bonchev–Trinajstić information content (AvgIpc) is 3.21. The van der Waals surface area contributed by atoms with Crippen molar-refractivity contribution in [3.05, 3.63) is 70.9 Å². The van der Waals surface area contributed by atoms with Crippen molar-refractivity contribution in [2.24, 2.45) is 0 Å². The molecule has 0 aliphatic carbocycles. The molecule has 1 saturated heterocycles. The molecule has 1 aliphatic heterocycles. The molecule has 1 amide bonds. The Morgan fingerprint density at radius 3 is 2.70 bits per heavy atom. The summed E-state index contributed by atoms with van der Waals surface area (Å²) in [4.78, 5) is 15.6. The predicted octanol–water partition coefficient (Wildman–Crippen LogP) is 5.02. The molecule has 1 unspecified atom stereocenters. The van der Waals surface area contributed by atoms with Gasteiger partial charge in [0.15, 0.2) is 0 Å². The van der Waals surface area contributed by atoms with Gasteiger partial charge in [0.25, 0.3) is 5.91 Å². The van der Waals surface area contributed by atoms with Crippen LogP contribution < -0.4 is 0 Å². The van der Waals surface area contributed by atoms with Gasteiger partial charge in [-0.2, -0.15) is 0 Å². The molecule has 0 saturated carbocycles. The van der Waals surface area contributed by atoms with Gasteiger partial charge in [-0.1, -0.05) is 30.3 Å². The van der Waals surface area contributed by atoms with Gasteiger partial charge in [-0.05, 0) is 48.1 Å². The normalized spacial score (nSPS) is 17.8. The Bertz CT molecular complexity index is 822. The highest BCUT2D eigenvalue weighted by Crippen LogP contribution is 2.35. The van der Waals surface area contributed by atoms with Crippen molar-refractivity contribution in [3.8, 4) is 0 Å². The highest BCUT2D eigenvalue weighted by atomic mass is 32.1. The van der Waals surface area contributed by atoms with E-state index in [-0.39, 0.29) is 17.8 Å². The first-order valence-electron chi connectivity index (χ1n) is 7.77. The van der Waals surface area contributed by atoms with Crippen molar-refractivity contribution < 1.29 is 9.18 Å². The van der Waals surface area contributed by atoms with Crippen molar-refractivity contribution >= 4 is 27.3 Å². The van der Waals surface area contributed by atoms with Gasteiger partial charge in [-0.3, -0.25) is 4.79 Å². The maximum atomic E-state index is 13.1. The van der Waals surface area contributed by atoms with Crippen molar-refractivity contribution in [1.29, 1.82) is 0 Å². The molecule has 1 fully saturated rings. The van der Waals surface area contributed by atoms with Gasteiger partial charge in [-0.25, -0.2) is 4.39 Å². The second-order valence-corrected chi connectivity index (χ2v) is 6.94. The first kappa shape index (κ1) is 14.4. The lowest BCUT2D eigenvalue weighted by molar-refractivity contribution is 0.0740. The van der Waals surface area contributed by atoms with Crippen LogP contribution in [0.5, 0.6) is 0 Å². The lowest BCUT2D eigenvalue weighted by Crippen LogP contribution is -2.29. The van der Waals surface area contributed by atoms with Crippen LogP contribution in [0, 0.1) is 5.82 Å². The van der Waals surface area contributed by atoms with E-state index in [9.17, 15) is 9.18 Å². The number of carbonyl (C=O) groups is 1. The molecule has 2 aromatic carbocycles. The van der Waals surface area contributed by atoms with E-state index in [1.807, 2.05) is 35.2 Å². The monoisotopic (exact) mass is 325 g/mol. The summed E-state index contributed by atoms with van der Waals surface area (Å²) in [6.45, 7) is 0.759. The summed E-state index contributed by atoms with van der Waals surface area (Å²) in [6.07, 6.45) is 1.92. The minimum Gasteiger partial charge on any atom is -0.331 e. The van der Waals surface area contributed by atoms with Crippen LogP contribution in [-0.2, 0) is 0 Å². The number of fused-ring (bicyclic) bond motifs is 1. The molecule has 4 rings (SSSR count).